The summed E-state index contributed by atoms with van der Waals surface area (Å²) in [5.41, 5.74) is 2.62. The van der Waals surface area contributed by atoms with Gasteiger partial charge in [0.1, 0.15) is 0 Å². The summed E-state index contributed by atoms with van der Waals surface area (Å²) in [6.45, 7) is 7.32. The third-order valence-electron chi connectivity index (χ3n) is 5.97. The van der Waals surface area contributed by atoms with Gasteiger partial charge in [-0.05, 0) is 50.3 Å². The summed E-state index contributed by atoms with van der Waals surface area (Å²) in [7, 11) is 1.75. The highest BCUT2D eigenvalue weighted by atomic mass is 127. The Morgan fingerprint density at radius 3 is 2.72 bits per heavy atom. The molecule has 2 aliphatic rings. The molecule has 0 aromatic heterocycles. The van der Waals surface area contributed by atoms with E-state index < -0.39 is 0 Å². The summed E-state index contributed by atoms with van der Waals surface area (Å²) in [6.07, 6.45) is 6.03. The Balaban J connectivity index is 0.00000300. The second-order valence-electron chi connectivity index (χ2n) is 7.92. The zero-order valence-electron chi connectivity index (χ0n) is 17.8. The highest BCUT2D eigenvalue weighted by Gasteiger charge is 2.20. The number of piperidine rings is 1. The largest absolute Gasteiger partial charge is 0.356 e. The van der Waals surface area contributed by atoms with E-state index in [4.69, 9.17) is 0 Å². The summed E-state index contributed by atoms with van der Waals surface area (Å²) in [5, 5.41) is 6.51. The Morgan fingerprint density at radius 1 is 1.17 bits per heavy atom. The van der Waals surface area contributed by atoms with Crippen molar-refractivity contribution < 1.29 is 4.79 Å². The maximum Gasteiger partial charge on any atom is 0.242 e. The molecule has 1 atom stereocenters. The fourth-order valence-electron chi connectivity index (χ4n) is 4.18. The van der Waals surface area contributed by atoms with Crippen molar-refractivity contribution in [2.24, 2.45) is 4.99 Å². The number of amides is 1. The third kappa shape index (κ3) is 7.13. The Labute approximate surface area is 192 Å². The number of rotatable bonds is 6. The van der Waals surface area contributed by atoms with Gasteiger partial charge in [-0.2, -0.15) is 0 Å². The Hall–Kier alpha value is -1.35. The maximum atomic E-state index is 12.6. The lowest BCUT2D eigenvalue weighted by Crippen LogP contribution is -2.46. The number of guanidine groups is 1. The molecule has 1 aromatic rings. The molecule has 6 nitrogen and oxygen atoms in total. The van der Waals surface area contributed by atoms with Crippen molar-refractivity contribution in [1.82, 2.24) is 20.4 Å². The number of carbonyl (C=O) groups excluding carboxylic acids is 1. The van der Waals surface area contributed by atoms with Crippen LogP contribution in [0.15, 0.2) is 29.3 Å². The molecular weight excluding hydrogens is 477 g/mol. The van der Waals surface area contributed by atoms with Crippen molar-refractivity contribution in [2.45, 2.75) is 51.6 Å². The SMILES string of the molecule is CN=C(NCCCN1CCCCC1C)NCC(=O)N1CCc2ccccc2C1.I. The lowest BCUT2D eigenvalue weighted by molar-refractivity contribution is -0.130. The van der Waals surface area contributed by atoms with Crippen LogP contribution in [0.3, 0.4) is 0 Å². The summed E-state index contributed by atoms with van der Waals surface area (Å²) < 4.78 is 0. The van der Waals surface area contributed by atoms with Crippen LogP contribution >= 0.6 is 24.0 Å². The lowest BCUT2D eigenvalue weighted by atomic mass is 10.00. The molecule has 29 heavy (non-hydrogen) atoms. The van der Waals surface area contributed by atoms with Gasteiger partial charge >= 0.3 is 0 Å². The van der Waals surface area contributed by atoms with E-state index in [2.05, 4.69) is 45.6 Å². The summed E-state index contributed by atoms with van der Waals surface area (Å²) in [5.74, 6) is 0.831. The van der Waals surface area contributed by atoms with E-state index in [1.54, 1.807) is 7.05 Å². The van der Waals surface area contributed by atoms with Crippen molar-refractivity contribution in [1.29, 1.82) is 0 Å². The maximum absolute atomic E-state index is 12.6. The van der Waals surface area contributed by atoms with Gasteiger partial charge in [0.2, 0.25) is 5.91 Å². The molecule has 0 aliphatic carbocycles. The van der Waals surface area contributed by atoms with Gasteiger partial charge in [-0.25, -0.2) is 0 Å². The van der Waals surface area contributed by atoms with E-state index >= 15 is 0 Å². The molecule has 1 amide bonds. The number of carbonyl (C=O) groups is 1. The smallest absolute Gasteiger partial charge is 0.242 e. The number of hydrogen-bond acceptors (Lipinski definition) is 3. The monoisotopic (exact) mass is 513 g/mol. The number of likely N-dealkylation sites (tertiary alicyclic amines) is 1. The predicted molar refractivity (Wildman–Crippen MR) is 130 cm³/mol. The first-order valence-corrected chi connectivity index (χ1v) is 10.7. The number of benzene rings is 1. The standard InChI is InChI=1S/C22H35N5O.HI/c1-18-8-5-6-13-26(18)14-7-12-24-22(23-2)25-16-21(28)27-15-11-19-9-3-4-10-20(19)17-27;/h3-4,9-10,18H,5-8,11-17H2,1-2H3,(H2,23,24,25);1H. The molecule has 0 radical (unpaired) electrons. The van der Waals surface area contributed by atoms with Gasteiger partial charge < -0.3 is 20.4 Å². The van der Waals surface area contributed by atoms with Crippen LogP contribution in [0.25, 0.3) is 0 Å². The Kier molecular flexibility index (Phi) is 10.2. The number of hydrogen-bond donors (Lipinski definition) is 2. The molecule has 162 valence electrons. The molecular formula is C22H36IN5O. The van der Waals surface area contributed by atoms with Crippen LogP contribution in [0, 0.1) is 0 Å². The average Bonchev–Trinajstić information content (AvgIpc) is 2.73. The summed E-state index contributed by atoms with van der Waals surface area (Å²) in [6, 6.07) is 9.09. The van der Waals surface area contributed by atoms with Gasteiger partial charge in [0.25, 0.3) is 0 Å². The molecule has 2 aliphatic heterocycles. The van der Waals surface area contributed by atoms with E-state index in [0.717, 1.165) is 32.5 Å². The van der Waals surface area contributed by atoms with Crippen LogP contribution in [0.4, 0.5) is 0 Å². The lowest BCUT2D eigenvalue weighted by Gasteiger charge is -2.33. The van der Waals surface area contributed by atoms with Gasteiger partial charge in [-0.3, -0.25) is 9.79 Å². The molecule has 7 heteroatoms. The molecule has 1 aromatic carbocycles. The molecule has 0 spiro atoms. The zero-order chi connectivity index (χ0) is 19.8. The summed E-state index contributed by atoms with van der Waals surface area (Å²) >= 11 is 0. The first kappa shape index (κ1) is 23.9. The van der Waals surface area contributed by atoms with Crippen molar-refractivity contribution >= 4 is 35.8 Å². The Bertz CT molecular complexity index is 681. The minimum absolute atomic E-state index is 0. The Morgan fingerprint density at radius 2 is 1.97 bits per heavy atom. The number of fused-ring (bicyclic) bond motifs is 1. The normalized spacial score (nSPS) is 19.9. The van der Waals surface area contributed by atoms with E-state index in [9.17, 15) is 4.79 Å². The molecule has 1 saturated heterocycles. The second kappa shape index (κ2) is 12.4. The number of aliphatic imine (C=N–C) groups is 1. The van der Waals surface area contributed by atoms with Crippen LogP contribution in [0.1, 0.15) is 43.7 Å². The molecule has 2 heterocycles. The van der Waals surface area contributed by atoms with E-state index in [1.807, 2.05) is 11.0 Å². The number of nitrogens with zero attached hydrogens (tertiary/aromatic N) is 3. The van der Waals surface area contributed by atoms with E-state index in [1.165, 1.54) is 36.9 Å². The summed E-state index contributed by atoms with van der Waals surface area (Å²) in [4.78, 5) is 21.3. The van der Waals surface area contributed by atoms with Crippen molar-refractivity contribution in [3.8, 4) is 0 Å². The van der Waals surface area contributed by atoms with Gasteiger partial charge in [0.15, 0.2) is 5.96 Å². The zero-order valence-corrected chi connectivity index (χ0v) is 20.2. The van der Waals surface area contributed by atoms with Gasteiger partial charge in [0, 0.05) is 39.3 Å². The van der Waals surface area contributed by atoms with Gasteiger partial charge in [-0.15, -0.1) is 24.0 Å². The topological polar surface area (TPSA) is 60.0 Å². The number of nitrogens with one attached hydrogen (secondary N) is 2. The minimum atomic E-state index is 0. The molecule has 0 bridgehead atoms. The second-order valence-corrected chi connectivity index (χ2v) is 7.92. The molecule has 1 fully saturated rings. The van der Waals surface area contributed by atoms with Crippen molar-refractivity contribution in [3.05, 3.63) is 35.4 Å². The van der Waals surface area contributed by atoms with Crippen molar-refractivity contribution in [3.63, 3.8) is 0 Å². The molecule has 2 N–H and O–H groups in total. The van der Waals surface area contributed by atoms with Crippen LogP contribution in [-0.2, 0) is 17.8 Å². The number of halogens is 1. The van der Waals surface area contributed by atoms with Crippen LogP contribution in [0.2, 0.25) is 0 Å². The minimum Gasteiger partial charge on any atom is -0.356 e. The fourth-order valence-corrected chi connectivity index (χ4v) is 4.18. The van der Waals surface area contributed by atoms with Crippen LogP contribution in [-0.4, -0.2) is 67.5 Å². The van der Waals surface area contributed by atoms with Gasteiger partial charge in [-0.1, -0.05) is 30.7 Å². The first-order chi connectivity index (χ1) is 13.7. The van der Waals surface area contributed by atoms with Crippen molar-refractivity contribution in [2.75, 3.05) is 39.8 Å². The third-order valence-corrected chi connectivity index (χ3v) is 5.97. The van der Waals surface area contributed by atoms with E-state index in [0.29, 0.717) is 18.5 Å². The average molecular weight is 513 g/mol. The fraction of sp³-hybridized carbons (Fsp3) is 0.636. The van der Waals surface area contributed by atoms with Crippen LogP contribution in [0.5, 0.6) is 0 Å². The van der Waals surface area contributed by atoms with Gasteiger partial charge in [0.05, 0.1) is 6.54 Å². The van der Waals surface area contributed by atoms with Crippen LogP contribution < -0.4 is 10.6 Å². The molecule has 3 rings (SSSR count). The quantitative estimate of drug-likeness (QED) is 0.266. The molecule has 1 unspecified atom stereocenters. The van der Waals surface area contributed by atoms with E-state index in [-0.39, 0.29) is 36.4 Å². The predicted octanol–water partition coefficient (Wildman–Crippen LogP) is 2.62. The highest BCUT2D eigenvalue weighted by Crippen LogP contribution is 2.18. The first-order valence-electron chi connectivity index (χ1n) is 10.7. The molecule has 0 saturated carbocycles. The highest BCUT2D eigenvalue weighted by molar-refractivity contribution is 14.0.